The lowest BCUT2D eigenvalue weighted by atomic mass is 9.96. The molecule has 34 heavy (non-hydrogen) atoms. The number of aromatic nitrogens is 2. The first-order valence-electron chi connectivity index (χ1n) is 10.6. The highest BCUT2D eigenvalue weighted by Crippen LogP contribution is 2.42. The predicted octanol–water partition coefficient (Wildman–Crippen LogP) is 1.93. The Morgan fingerprint density at radius 1 is 1.06 bits per heavy atom. The van der Waals surface area contributed by atoms with E-state index in [4.69, 9.17) is 14.2 Å². The summed E-state index contributed by atoms with van der Waals surface area (Å²) >= 11 is 0. The van der Waals surface area contributed by atoms with E-state index in [1.807, 2.05) is 6.07 Å². The highest BCUT2D eigenvalue weighted by Gasteiger charge is 2.59. The van der Waals surface area contributed by atoms with Gasteiger partial charge in [-0.15, -0.1) is 0 Å². The van der Waals surface area contributed by atoms with Crippen molar-refractivity contribution in [3.8, 4) is 17.2 Å². The average Bonchev–Trinajstić information content (AvgIpc) is 3.24. The number of amides is 1. The first kappa shape index (κ1) is 25.6. The van der Waals surface area contributed by atoms with Crippen LogP contribution < -0.4 is 14.2 Å². The Morgan fingerprint density at radius 3 is 2.21 bits per heavy atom. The molecule has 1 atom stereocenters. The lowest BCUT2D eigenvalue weighted by Crippen LogP contribution is -2.52. The van der Waals surface area contributed by atoms with Crippen molar-refractivity contribution in [2.45, 2.75) is 24.7 Å². The summed E-state index contributed by atoms with van der Waals surface area (Å²) in [5.74, 6) is 0.129. The standard InChI is InChI=1S/C22H29F3N4O5/c1-27-8-7-26-20(27)21(31,22(23,24)25)13-17(30)29-11-9-28(10-12-29)14-15-5-6-16(32-2)19(34-4)18(15)33-3/h5-8,31H,9-14H2,1-4H3. The van der Waals surface area contributed by atoms with Crippen LogP contribution in [0, 0.1) is 0 Å². The van der Waals surface area contributed by atoms with Crippen LogP contribution in [-0.2, 0) is 24.0 Å². The summed E-state index contributed by atoms with van der Waals surface area (Å²) in [6.45, 7) is 1.82. The van der Waals surface area contributed by atoms with Gasteiger partial charge in [0.25, 0.3) is 0 Å². The summed E-state index contributed by atoms with van der Waals surface area (Å²) in [5.41, 5.74) is -2.52. The SMILES string of the molecule is COc1ccc(CN2CCN(C(=O)CC(O)(c3nccn3C)C(F)(F)F)CC2)c(OC)c1OC. The Hall–Kier alpha value is -2.99. The summed E-state index contributed by atoms with van der Waals surface area (Å²) in [6.07, 6.45) is -3.76. The molecule has 3 rings (SSSR count). The molecule has 2 aromatic rings. The van der Waals surface area contributed by atoms with Gasteiger partial charge in [-0.1, -0.05) is 6.07 Å². The molecule has 0 spiro atoms. The maximum absolute atomic E-state index is 13.8. The number of carbonyl (C=O) groups is 1. The normalized spacial score (nSPS) is 16.8. The fourth-order valence-corrected chi connectivity index (χ4v) is 4.08. The van der Waals surface area contributed by atoms with Crippen LogP contribution in [0.2, 0.25) is 0 Å². The minimum atomic E-state index is -5.06. The van der Waals surface area contributed by atoms with Gasteiger partial charge in [0.05, 0.1) is 27.8 Å². The molecule has 1 unspecified atom stereocenters. The number of alkyl halides is 3. The molecule has 1 aliphatic rings. The molecule has 12 heteroatoms. The van der Waals surface area contributed by atoms with Gasteiger partial charge in [0, 0.05) is 57.7 Å². The minimum absolute atomic E-state index is 0.225. The molecule has 1 amide bonds. The molecular weight excluding hydrogens is 457 g/mol. The molecule has 0 aliphatic carbocycles. The van der Waals surface area contributed by atoms with Gasteiger partial charge in [-0.3, -0.25) is 9.69 Å². The van der Waals surface area contributed by atoms with Crippen molar-refractivity contribution >= 4 is 5.91 Å². The Labute approximate surface area is 195 Å². The second-order valence-corrected chi connectivity index (χ2v) is 8.05. The molecule has 0 radical (unpaired) electrons. The van der Waals surface area contributed by atoms with E-state index in [0.29, 0.717) is 36.9 Å². The monoisotopic (exact) mass is 486 g/mol. The quantitative estimate of drug-likeness (QED) is 0.610. The minimum Gasteiger partial charge on any atom is -0.493 e. The maximum Gasteiger partial charge on any atom is 0.425 e. The third kappa shape index (κ3) is 4.92. The molecule has 1 aromatic carbocycles. The van der Waals surface area contributed by atoms with Crippen LogP contribution in [0.15, 0.2) is 24.5 Å². The van der Waals surface area contributed by atoms with E-state index in [2.05, 4.69) is 9.88 Å². The number of halogens is 3. The Bertz CT molecular complexity index is 1000. The number of methoxy groups -OCH3 is 3. The number of carbonyl (C=O) groups excluding carboxylic acids is 1. The van der Waals surface area contributed by atoms with E-state index >= 15 is 0 Å². The highest BCUT2D eigenvalue weighted by atomic mass is 19.4. The highest BCUT2D eigenvalue weighted by molar-refractivity contribution is 5.77. The number of hydrogen-bond acceptors (Lipinski definition) is 7. The van der Waals surface area contributed by atoms with Crippen LogP contribution in [0.1, 0.15) is 17.8 Å². The van der Waals surface area contributed by atoms with Crippen molar-refractivity contribution in [2.24, 2.45) is 7.05 Å². The van der Waals surface area contributed by atoms with E-state index in [9.17, 15) is 23.1 Å². The fraction of sp³-hybridized carbons (Fsp3) is 0.545. The summed E-state index contributed by atoms with van der Waals surface area (Å²) in [6, 6.07) is 3.63. The van der Waals surface area contributed by atoms with Crippen LogP contribution in [0.4, 0.5) is 13.2 Å². The van der Waals surface area contributed by atoms with Crippen LogP contribution in [0.25, 0.3) is 0 Å². The van der Waals surface area contributed by atoms with Gasteiger partial charge >= 0.3 is 6.18 Å². The van der Waals surface area contributed by atoms with Crippen LogP contribution in [-0.4, -0.2) is 84.0 Å². The number of piperazine rings is 1. The van der Waals surface area contributed by atoms with Gasteiger partial charge in [0.1, 0.15) is 0 Å². The molecule has 9 nitrogen and oxygen atoms in total. The van der Waals surface area contributed by atoms with E-state index in [-0.39, 0.29) is 13.1 Å². The average molecular weight is 486 g/mol. The predicted molar refractivity (Wildman–Crippen MR) is 116 cm³/mol. The van der Waals surface area contributed by atoms with Crippen LogP contribution in [0.5, 0.6) is 17.2 Å². The number of aryl methyl sites for hydroxylation is 1. The van der Waals surface area contributed by atoms with Crippen LogP contribution >= 0.6 is 0 Å². The Kier molecular flexibility index (Phi) is 7.61. The van der Waals surface area contributed by atoms with Gasteiger partial charge < -0.3 is 28.8 Å². The first-order chi connectivity index (χ1) is 16.1. The van der Waals surface area contributed by atoms with E-state index < -0.39 is 29.9 Å². The largest absolute Gasteiger partial charge is 0.493 e. The molecule has 1 aliphatic heterocycles. The second kappa shape index (κ2) is 10.1. The molecule has 2 heterocycles. The lowest BCUT2D eigenvalue weighted by molar-refractivity contribution is -0.272. The number of benzene rings is 1. The topological polar surface area (TPSA) is 89.3 Å². The zero-order valence-corrected chi connectivity index (χ0v) is 19.6. The van der Waals surface area contributed by atoms with Crippen molar-refractivity contribution in [2.75, 3.05) is 47.5 Å². The smallest absolute Gasteiger partial charge is 0.425 e. The van der Waals surface area contributed by atoms with E-state index in [1.54, 1.807) is 6.07 Å². The summed E-state index contributed by atoms with van der Waals surface area (Å²) in [7, 11) is 5.91. The number of nitrogens with zero attached hydrogens (tertiary/aromatic N) is 4. The van der Waals surface area contributed by atoms with Gasteiger partial charge in [0.2, 0.25) is 17.3 Å². The van der Waals surface area contributed by atoms with Crippen LogP contribution in [0.3, 0.4) is 0 Å². The first-order valence-corrected chi connectivity index (χ1v) is 10.6. The van der Waals surface area contributed by atoms with Crippen molar-refractivity contribution in [1.29, 1.82) is 0 Å². The van der Waals surface area contributed by atoms with Crippen molar-refractivity contribution in [1.82, 2.24) is 19.4 Å². The van der Waals surface area contributed by atoms with Crippen molar-refractivity contribution in [3.05, 3.63) is 35.9 Å². The van der Waals surface area contributed by atoms with Gasteiger partial charge in [-0.25, -0.2) is 4.98 Å². The molecule has 1 aromatic heterocycles. The number of rotatable bonds is 8. The maximum atomic E-state index is 13.8. The second-order valence-electron chi connectivity index (χ2n) is 8.05. The molecule has 0 bridgehead atoms. The lowest BCUT2D eigenvalue weighted by Gasteiger charge is -2.37. The molecule has 1 N–H and O–H groups in total. The molecule has 1 fully saturated rings. The number of aliphatic hydroxyl groups is 1. The number of ether oxygens (including phenoxy) is 3. The molecular formula is C22H29F3N4O5. The van der Waals surface area contributed by atoms with Gasteiger partial charge in [0.15, 0.2) is 17.3 Å². The van der Waals surface area contributed by atoms with E-state index in [1.165, 1.54) is 39.5 Å². The number of imidazole rings is 1. The summed E-state index contributed by atoms with van der Waals surface area (Å²) in [4.78, 5) is 19.8. The Morgan fingerprint density at radius 2 is 1.71 bits per heavy atom. The van der Waals surface area contributed by atoms with E-state index in [0.717, 1.165) is 16.3 Å². The zero-order chi connectivity index (χ0) is 25.1. The summed E-state index contributed by atoms with van der Waals surface area (Å²) in [5, 5.41) is 10.5. The van der Waals surface area contributed by atoms with Gasteiger partial charge in [-0.2, -0.15) is 13.2 Å². The zero-order valence-electron chi connectivity index (χ0n) is 19.6. The fourth-order valence-electron chi connectivity index (χ4n) is 4.08. The molecule has 188 valence electrons. The third-order valence-electron chi connectivity index (χ3n) is 5.97. The van der Waals surface area contributed by atoms with Crippen molar-refractivity contribution in [3.63, 3.8) is 0 Å². The van der Waals surface area contributed by atoms with Crippen molar-refractivity contribution < 1.29 is 37.3 Å². The Balaban J connectivity index is 1.67. The molecule has 0 saturated carbocycles. The number of hydrogen-bond donors (Lipinski definition) is 1. The third-order valence-corrected chi connectivity index (χ3v) is 5.97. The summed E-state index contributed by atoms with van der Waals surface area (Å²) < 4.78 is 58.5. The van der Waals surface area contributed by atoms with Gasteiger partial charge in [-0.05, 0) is 6.07 Å². The molecule has 1 saturated heterocycles.